The average molecular weight is 320 g/mol. The van der Waals surface area contributed by atoms with Crippen LogP contribution in [0.5, 0.6) is 0 Å². The van der Waals surface area contributed by atoms with Crippen LogP contribution in [-0.2, 0) is 10.0 Å². The van der Waals surface area contributed by atoms with Crippen molar-refractivity contribution in [3.8, 4) is 6.19 Å². The predicted molar refractivity (Wildman–Crippen MR) is 84.6 cm³/mol. The Morgan fingerprint density at radius 2 is 1.77 bits per heavy atom. The third-order valence-corrected chi connectivity index (χ3v) is 4.88. The summed E-state index contributed by atoms with van der Waals surface area (Å²) in [5.74, 6) is 0.116. The molecule has 0 unspecified atom stereocenters. The number of guanidine groups is 1. The van der Waals surface area contributed by atoms with Crippen LogP contribution in [0.3, 0.4) is 0 Å². The van der Waals surface area contributed by atoms with E-state index in [4.69, 9.17) is 5.26 Å². The Balaban J connectivity index is 2.31. The van der Waals surface area contributed by atoms with Gasteiger partial charge in [0, 0.05) is 13.1 Å². The second kappa shape index (κ2) is 7.27. The highest BCUT2D eigenvalue weighted by Crippen LogP contribution is 2.15. The lowest BCUT2D eigenvalue weighted by Gasteiger charge is -2.22. The van der Waals surface area contributed by atoms with Crippen molar-refractivity contribution in [2.45, 2.75) is 37.5 Å². The molecule has 0 saturated carbocycles. The van der Waals surface area contributed by atoms with E-state index in [2.05, 4.69) is 9.71 Å². The van der Waals surface area contributed by atoms with Crippen LogP contribution < -0.4 is 5.32 Å². The molecule has 2 rings (SSSR count). The molecular weight excluding hydrogens is 300 g/mol. The largest absolute Gasteiger partial charge is 0.341 e. The molecule has 1 aliphatic rings. The maximum Gasteiger partial charge on any atom is 0.285 e. The van der Waals surface area contributed by atoms with Gasteiger partial charge < -0.3 is 4.90 Å². The number of hydrogen-bond acceptors (Lipinski definition) is 3. The van der Waals surface area contributed by atoms with Gasteiger partial charge in [0.2, 0.25) is 5.96 Å². The van der Waals surface area contributed by atoms with E-state index >= 15 is 0 Å². The summed E-state index contributed by atoms with van der Waals surface area (Å²) in [5, 5.41) is 11.3. The summed E-state index contributed by atoms with van der Waals surface area (Å²) >= 11 is 0. The third kappa shape index (κ3) is 4.21. The van der Waals surface area contributed by atoms with Gasteiger partial charge in [-0.15, -0.1) is 4.40 Å². The standard InChI is InChI=1S/C15H20N4O2S/c1-13-6-8-14(9-7-13)22(20,21)18-15(17-12-16)19-10-4-2-3-5-11-19/h6-9H,2-5,10-11H2,1H3,(H,17,18). The van der Waals surface area contributed by atoms with E-state index in [1.54, 1.807) is 18.3 Å². The number of nitrogens with one attached hydrogen (secondary N) is 1. The number of nitrogens with zero attached hydrogens (tertiary/aromatic N) is 3. The highest BCUT2D eigenvalue weighted by molar-refractivity contribution is 7.90. The van der Waals surface area contributed by atoms with Gasteiger partial charge in [-0.25, -0.2) is 0 Å². The maximum absolute atomic E-state index is 12.4. The first-order valence-corrected chi connectivity index (χ1v) is 8.78. The number of hydrogen-bond donors (Lipinski definition) is 1. The minimum Gasteiger partial charge on any atom is -0.341 e. The van der Waals surface area contributed by atoms with E-state index in [0.717, 1.165) is 31.2 Å². The molecule has 0 bridgehead atoms. The Bertz CT molecular complexity index is 666. The van der Waals surface area contributed by atoms with Crippen LogP contribution in [0.4, 0.5) is 0 Å². The Kier molecular flexibility index (Phi) is 5.39. The van der Waals surface area contributed by atoms with E-state index in [1.165, 1.54) is 12.1 Å². The smallest absolute Gasteiger partial charge is 0.285 e. The summed E-state index contributed by atoms with van der Waals surface area (Å²) < 4.78 is 28.6. The molecule has 0 radical (unpaired) electrons. The number of likely N-dealkylation sites (tertiary alicyclic amines) is 1. The minimum atomic E-state index is -3.83. The molecule has 1 N–H and O–H groups in total. The molecule has 1 aromatic rings. The molecule has 0 aromatic heterocycles. The molecular formula is C15H20N4O2S. The van der Waals surface area contributed by atoms with Gasteiger partial charge in [0.15, 0.2) is 6.19 Å². The van der Waals surface area contributed by atoms with Crippen molar-refractivity contribution in [3.63, 3.8) is 0 Å². The van der Waals surface area contributed by atoms with Crippen molar-refractivity contribution in [3.05, 3.63) is 29.8 Å². The van der Waals surface area contributed by atoms with Crippen LogP contribution in [0.15, 0.2) is 33.6 Å². The van der Waals surface area contributed by atoms with Gasteiger partial charge in [-0.2, -0.15) is 13.7 Å². The Morgan fingerprint density at radius 1 is 1.18 bits per heavy atom. The van der Waals surface area contributed by atoms with Gasteiger partial charge in [-0.3, -0.25) is 5.32 Å². The molecule has 0 aliphatic carbocycles. The lowest BCUT2D eigenvalue weighted by Crippen LogP contribution is -2.40. The summed E-state index contributed by atoms with van der Waals surface area (Å²) in [5.41, 5.74) is 0.978. The summed E-state index contributed by atoms with van der Waals surface area (Å²) in [6, 6.07) is 6.51. The summed E-state index contributed by atoms with van der Waals surface area (Å²) in [4.78, 5) is 1.97. The predicted octanol–water partition coefficient (Wildman–Crippen LogP) is 1.99. The average Bonchev–Trinajstić information content (AvgIpc) is 2.76. The second-order valence-corrected chi connectivity index (χ2v) is 6.95. The topological polar surface area (TPSA) is 85.6 Å². The zero-order valence-electron chi connectivity index (χ0n) is 12.6. The van der Waals surface area contributed by atoms with Crippen molar-refractivity contribution in [1.29, 1.82) is 5.26 Å². The molecule has 7 heteroatoms. The monoisotopic (exact) mass is 320 g/mol. The first kappa shape index (κ1) is 16.3. The lowest BCUT2D eigenvalue weighted by atomic mass is 10.2. The van der Waals surface area contributed by atoms with Crippen molar-refractivity contribution in [1.82, 2.24) is 10.2 Å². The number of benzene rings is 1. The Morgan fingerprint density at radius 3 is 2.32 bits per heavy atom. The van der Waals surface area contributed by atoms with Gasteiger partial charge >= 0.3 is 0 Å². The third-order valence-electron chi connectivity index (χ3n) is 3.60. The van der Waals surface area contributed by atoms with Crippen LogP contribution in [0.2, 0.25) is 0 Å². The first-order chi connectivity index (χ1) is 10.5. The van der Waals surface area contributed by atoms with Crippen LogP contribution in [0.25, 0.3) is 0 Å². The molecule has 1 aliphatic heterocycles. The van der Waals surface area contributed by atoms with Crippen LogP contribution in [0, 0.1) is 18.4 Å². The van der Waals surface area contributed by atoms with Crippen molar-refractivity contribution >= 4 is 16.0 Å². The summed E-state index contributed by atoms with van der Waals surface area (Å²) in [6.07, 6.45) is 5.94. The van der Waals surface area contributed by atoms with E-state index in [1.807, 2.05) is 11.8 Å². The molecule has 1 aromatic carbocycles. The van der Waals surface area contributed by atoms with Crippen molar-refractivity contribution in [2.75, 3.05) is 13.1 Å². The molecule has 22 heavy (non-hydrogen) atoms. The van der Waals surface area contributed by atoms with E-state index in [9.17, 15) is 8.42 Å². The van der Waals surface area contributed by atoms with Gasteiger partial charge in [-0.05, 0) is 31.9 Å². The highest BCUT2D eigenvalue weighted by atomic mass is 32.2. The molecule has 6 nitrogen and oxygen atoms in total. The molecule has 0 amide bonds. The molecule has 1 heterocycles. The van der Waals surface area contributed by atoms with Gasteiger partial charge in [0.1, 0.15) is 0 Å². The summed E-state index contributed by atoms with van der Waals surface area (Å²) in [7, 11) is -3.83. The van der Waals surface area contributed by atoms with E-state index in [0.29, 0.717) is 13.1 Å². The number of rotatable bonds is 2. The lowest BCUT2D eigenvalue weighted by molar-refractivity contribution is 0.425. The van der Waals surface area contributed by atoms with E-state index < -0.39 is 10.0 Å². The zero-order chi connectivity index (χ0) is 16.0. The molecule has 118 valence electrons. The quantitative estimate of drug-likeness (QED) is 0.390. The normalized spacial score (nSPS) is 16.7. The second-order valence-electron chi connectivity index (χ2n) is 5.34. The first-order valence-electron chi connectivity index (χ1n) is 7.34. The number of sulfonamides is 1. The number of aryl methyl sites for hydroxylation is 1. The SMILES string of the molecule is Cc1ccc(S(=O)(=O)/N=C(\NC#N)N2CCCCCC2)cc1. The highest BCUT2D eigenvalue weighted by Gasteiger charge is 2.19. The molecule has 0 spiro atoms. The fourth-order valence-corrected chi connectivity index (χ4v) is 3.34. The molecule has 0 atom stereocenters. The van der Waals surface area contributed by atoms with Gasteiger partial charge in [0.25, 0.3) is 10.0 Å². The number of nitriles is 1. The summed E-state index contributed by atoms with van der Waals surface area (Å²) in [6.45, 7) is 3.30. The minimum absolute atomic E-state index is 0.116. The fraction of sp³-hybridized carbons (Fsp3) is 0.467. The van der Waals surface area contributed by atoms with Crippen LogP contribution in [-0.4, -0.2) is 32.4 Å². The Labute approximate surface area is 131 Å². The molecule has 1 saturated heterocycles. The zero-order valence-corrected chi connectivity index (χ0v) is 13.4. The van der Waals surface area contributed by atoms with Gasteiger partial charge in [0.05, 0.1) is 4.90 Å². The van der Waals surface area contributed by atoms with Gasteiger partial charge in [-0.1, -0.05) is 30.5 Å². The fourth-order valence-electron chi connectivity index (χ4n) is 2.37. The van der Waals surface area contributed by atoms with Crippen LogP contribution >= 0.6 is 0 Å². The van der Waals surface area contributed by atoms with Crippen molar-refractivity contribution in [2.24, 2.45) is 4.40 Å². The van der Waals surface area contributed by atoms with Crippen LogP contribution in [0.1, 0.15) is 31.2 Å². The Hall–Kier alpha value is -2.07. The maximum atomic E-state index is 12.4. The van der Waals surface area contributed by atoms with E-state index in [-0.39, 0.29) is 10.9 Å². The van der Waals surface area contributed by atoms with Crippen molar-refractivity contribution < 1.29 is 8.42 Å². The molecule has 1 fully saturated rings.